The molecule has 1 fully saturated rings. The minimum Gasteiger partial charge on any atom is -0.348 e. The molecule has 90 valence electrons. The Balaban J connectivity index is 2.13. The van der Waals surface area contributed by atoms with Gasteiger partial charge in [0.2, 0.25) is 0 Å². The highest BCUT2D eigenvalue weighted by molar-refractivity contribution is 7.15. The zero-order valence-electron chi connectivity index (χ0n) is 10.6. The molecule has 0 aliphatic heterocycles. The van der Waals surface area contributed by atoms with Crippen molar-refractivity contribution in [2.75, 3.05) is 18.5 Å². The number of aromatic nitrogens is 1. The Labute approximate surface area is 102 Å². The summed E-state index contributed by atoms with van der Waals surface area (Å²) in [6, 6.07) is 1.16. The first kappa shape index (κ1) is 11.9. The zero-order valence-corrected chi connectivity index (χ0v) is 11.4. The minimum absolute atomic E-state index is 0.420. The fraction of sp³-hybridized carbons (Fsp3) is 0.750. The Morgan fingerprint density at radius 2 is 2.25 bits per heavy atom. The van der Waals surface area contributed by atoms with Crippen molar-refractivity contribution in [2.24, 2.45) is 0 Å². The fourth-order valence-electron chi connectivity index (χ4n) is 1.96. The largest absolute Gasteiger partial charge is 0.348 e. The first-order valence-electron chi connectivity index (χ1n) is 6.07. The molecule has 1 aromatic heterocycles. The summed E-state index contributed by atoms with van der Waals surface area (Å²) in [5.74, 6) is 0. The average Bonchev–Trinajstić information content (AvgIpc) is 3.01. The molecular weight excluding hydrogens is 218 g/mol. The Hall–Kier alpha value is -0.610. The van der Waals surface area contributed by atoms with Gasteiger partial charge in [-0.3, -0.25) is 0 Å². The van der Waals surface area contributed by atoms with E-state index in [1.165, 1.54) is 28.5 Å². The van der Waals surface area contributed by atoms with Crippen molar-refractivity contribution >= 4 is 16.5 Å². The Bertz CT molecular complexity index is 357. The van der Waals surface area contributed by atoms with E-state index in [0.29, 0.717) is 6.04 Å². The van der Waals surface area contributed by atoms with Crippen molar-refractivity contribution in [1.29, 1.82) is 0 Å². The lowest BCUT2D eigenvalue weighted by Gasteiger charge is -2.14. The van der Waals surface area contributed by atoms with E-state index < -0.39 is 0 Å². The lowest BCUT2D eigenvalue weighted by Crippen LogP contribution is -2.18. The number of thiazole rings is 1. The smallest absolute Gasteiger partial charge is 0.185 e. The summed E-state index contributed by atoms with van der Waals surface area (Å²) in [4.78, 5) is 8.39. The van der Waals surface area contributed by atoms with E-state index in [9.17, 15) is 0 Å². The highest BCUT2D eigenvalue weighted by atomic mass is 32.1. The van der Waals surface area contributed by atoms with Gasteiger partial charge >= 0.3 is 0 Å². The Morgan fingerprint density at radius 3 is 2.81 bits per heavy atom. The van der Waals surface area contributed by atoms with E-state index in [0.717, 1.165) is 12.6 Å². The standard InChI is InChI=1S/C12H21N3S/c1-5-13-8(2)11-9(3)14-12(16-11)15(4)10-6-7-10/h8,10,13H,5-7H2,1-4H3. The topological polar surface area (TPSA) is 28.2 Å². The molecule has 0 spiro atoms. The molecule has 1 aliphatic carbocycles. The quantitative estimate of drug-likeness (QED) is 0.856. The molecule has 0 saturated heterocycles. The lowest BCUT2D eigenvalue weighted by atomic mass is 10.2. The van der Waals surface area contributed by atoms with Crippen molar-refractivity contribution in [3.05, 3.63) is 10.6 Å². The molecule has 1 aromatic rings. The number of hydrogen-bond acceptors (Lipinski definition) is 4. The van der Waals surface area contributed by atoms with E-state index in [-0.39, 0.29) is 0 Å². The molecule has 1 atom stereocenters. The molecule has 16 heavy (non-hydrogen) atoms. The highest BCUT2D eigenvalue weighted by Crippen LogP contribution is 2.35. The number of anilines is 1. The number of nitrogens with one attached hydrogen (secondary N) is 1. The number of hydrogen-bond donors (Lipinski definition) is 1. The highest BCUT2D eigenvalue weighted by Gasteiger charge is 2.28. The van der Waals surface area contributed by atoms with Crippen LogP contribution in [-0.4, -0.2) is 24.6 Å². The molecular formula is C12H21N3S. The van der Waals surface area contributed by atoms with Crippen LogP contribution >= 0.6 is 11.3 Å². The van der Waals surface area contributed by atoms with Gasteiger partial charge in [0.05, 0.1) is 5.69 Å². The Morgan fingerprint density at radius 1 is 1.56 bits per heavy atom. The van der Waals surface area contributed by atoms with Gasteiger partial charge in [0, 0.05) is 24.0 Å². The van der Waals surface area contributed by atoms with Crippen LogP contribution in [0.5, 0.6) is 0 Å². The molecule has 1 N–H and O–H groups in total. The second-order valence-corrected chi connectivity index (χ2v) is 5.58. The monoisotopic (exact) mass is 239 g/mol. The molecule has 1 unspecified atom stereocenters. The van der Waals surface area contributed by atoms with Gasteiger partial charge in [-0.05, 0) is 33.2 Å². The minimum atomic E-state index is 0.420. The molecule has 3 nitrogen and oxygen atoms in total. The summed E-state index contributed by atoms with van der Waals surface area (Å²) in [5, 5.41) is 4.63. The molecule has 1 heterocycles. The van der Waals surface area contributed by atoms with E-state index in [1.54, 1.807) is 0 Å². The fourth-order valence-corrected chi connectivity index (χ4v) is 3.09. The zero-order chi connectivity index (χ0) is 11.7. The summed E-state index contributed by atoms with van der Waals surface area (Å²) < 4.78 is 0. The maximum atomic E-state index is 4.68. The van der Waals surface area contributed by atoms with E-state index in [4.69, 9.17) is 0 Å². The van der Waals surface area contributed by atoms with Crippen LogP contribution in [0.1, 0.15) is 43.3 Å². The molecule has 1 aliphatic rings. The summed E-state index contributed by atoms with van der Waals surface area (Å²) in [7, 11) is 2.16. The van der Waals surface area contributed by atoms with Crippen LogP contribution in [0.3, 0.4) is 0 Å². The normalized spacial score (nSPS) is 17.5. The second kappa shape index (κ2) is 4.72. The van der Waals surface area contributed by atoms with Crippen LogP contribution in [0.15, 0.2) is 0 Å². The van der Waals surface area contributed by atoms with Crippen molar-refractivity contribution in [3.8, 4) is 0 Å². The first-order valence-corrected chi connectivity index (χ1v) is 6.88. The number of aryl methyl sites for hydroxylation is 1. The van der Waals surface area contributed by atoms with E-state index in [1.807, 2.05) is 11.3 Å². The third-order valence-electron chi connectivity index (χ3n) is 3.12. The average molecular weight is 239 g/mol. The van der Waals surface area contributed by atoms with Gasteiger partial charge in [-0.2, -0.15) is 0 Å². The van der Waals surface area contributed by atoms with Crippen LogP contribution in [-0.2, 0) is 0 Å². The molecule has 0 aromatic carbocycles. The van der Waals surface area contributed by atoms with Crippen LogP contribution in [0.2, 0.25) is 0 Å². The summed E-state index contributed by atoms with van der Waals surface area (Å²) >= 11 is 1.84. The maximum Gasteiger partial charge on any atom is 0.185 e. The third-order valence-corrected chi connectivity index (χ3v) is 4.55. The first-order chi connectivity index (χ1) is 7.63. The molecule has 4 heteroatoms. The van der Waals surface area contributed by atoms with Gasteiger partial charge < -0.3 is 10.2 Å². The van der Waals surface area contributed by atoms with Crippen LogP contribution in [0.25, 0.3) is 0 Å². The third kappa shape index (κ3) is 2.38. The molecule has 1 saturated carbocycles. The lowest BCUT2D eigenvalue weighted by molar-refractivity contribution is 0.603. The van der Waals surface area contributed by atoms with Crippen LogP contribution in [0.4, 0.5) is 5.13 Å². The van der Waals surface area contributed by atoms with Crippen molar-refractivity contribution < 1.29 is 0 Å². The van der Waals surface area contributed by atoms with Gasteiger partial charge in [0.25, 0.3) is 0 Å². The predicted octanol–water partition coefficient (Wildman–Crippen LogP) is 2.72. The molecule has 0 amide bonds. The Kier molecular flexibility index (Phi) is 3.50. The SMILES string of the molecule is CCNC(C)c1sc(N(C)C2CC2)nc1C. The van der Waals surface area contributed by atoms with Gasteiger partial charge in [0.15, 0.2) is 5.13 Å². The van der Waals surface area contributed by atoms with Gasteiger partial charge in [-0.1, -0.05) is 6.92 Å². The van der Waals surface area contributed by atoms with Crippen LogP contribution < -0.4 is 10.2 Å². The summed E-state index contributed by atoms with van der Waals surface area (Å²) in [6.45, 7) is 7.48. The molecule has 0 radical (unpaired) electrons. The van der Waals surface area contributed by atoms with Gasteiger partial charge in [-0.25, -0.2) is 4.98 Å². The van der Waals surface area contributed by atoms with Crippen molar-refractivity contribution in [1.82, 2.24) is 10.3 Å². The maximum absolute atomic E-state index is 4.68. The molecule has 2 rings (SSSR count). The van der Waals surface area contributed by atoms with Crippen LogP contribution in [0, 0.1) is 6.92 Å². The molecule has 0 bridgehead atoms. The van der Waals surface area contributed by atoms with E-state index >= 15 is 0 Å². The number of rotatable bonds is 5. The van der Waals surface area contributed by atoms with Crippen molar-refractivity contribution in [2.45, 2.75) is 45.7 Å². The van der Waals surface area contributed by atoms with Gasteiger partial charge in [-0.15, -0.1) is 11.3 Å². The second-order valence-electron chi connectivity index (χ2n) is 4.57. The number of nitrogens with zero attached hydrogens (tertiary/aromatic N) is 2. The van der Waals surface area contributed by atoms with Crippen molar-refractivity contribution in [3.63, 3.8) is 0 Å². The predicted molar refractivity (Wildman–Crippen MR) is 70.4 cm³/mol. The van der Waals surface area contributed by atoms with E-state index in [2.05, 4.69) is 43.0 Å². The summed E-state index contributed by atoms with van der Waals surface area (Å²) in [5.41, 5.74) is 1.18. The summed E-state index contributed by atoms with van der Waals surface area (Å²) in [6.07, 6.45) is 2.65. The van der Waals surface area contributed by atoms with Gasteiger partial charge in [0.1, 0.15) is 0 Å².